The number of amides is 1. The van der Waals surface area contributed by atoms with Gasteiger partial charge in [-0.3, -0.25) is 9.78 Å². The molecule has 0 aliphatic carbocycles. The van der Waals surface area contributed by atoms with Gasteiger partial charge in [0.05, 0.1) is 20.4 Å². The van der Waals surface area contributed by atoms with E-state index in [9.17, 15) is 4.79 Å². The smallest absolute Gasteiger partial charge is 0.254 e. The van der Waals surface area contributed by atoms with Crippen LogP contribution in [0.1, 0.15) is 28.9 Å². The van der Waals surface area contributed by atoms with Crippen LogP contribution in [-0.2, 0) is 0 Å². The summed E-state index contributed by atoms with van der Waals surface area (Å²) in [5, 5.41) is 0. The first-order valence-electron chi connectivity index (χ1n) is 8.70. The van der Waals surface area contributed by atoms with Crippen molar-refractivity contribution in [3.05, 3.63) is 47.8 Å². The topological polar surface area (TPSA) is 60.9 Å². The zero-order chi connectivity index (χ0) is 18.5. The summed E-state index contributed by atoms with van der Waals surface area (Å²) in [5.41, 5.74) is 1.54. The van der Waals surface area contributed by atoms with E-state index < -0.39 is 0 Å². The molecular weight excluding hydrogens is 332 g/mol. The lowest BCUT2D eigenvalue weighted by molar-refractivity contribution is 0.0594. The number of piperidine rings is 1. The van der Waals surface area contributed by atoms with Crippen LogP contribution in [0.5, 0.6) is 17.2 Å². The summed E-state index contributed by atoms with van der Waals surface area (Å²) in [7, 11) is 3.15. The Labute approximate surface area is 153 Å². The summed E-state index contributed by atoms with van der Waals surface area (Å²) < 4.78 is 16.5. The summed E-state index contributed by atoms with van der Waals surface area (Å²) in [4.78, 5) is 18.9. The number of likely N-dealkylation sites (tertiary alicyclic amines) is 1. The highest BCUT2D eigenvalue weighted by atomic mass is 16.5. The minimum atomic E-state index is -0.0161. The number of aryl methyl sites for hydroxylation is 1. The molecule has 1 fully saturated rings. The number of ether oxygens (including phenoxy) is 3. The third-order valence-electron chi connectivity index (χ3n) is 4.51. The molecule has 0 saturated carbocycles. The average molecular weight is 356 g/mol. The Balaban J connectivity index is 1.60. The first-order chi connectivity index (χ1) is 12.6. The van der Waals surface area contributed by atoms with E-state index in [4.69, 9.17) is 14.2 Å². The van der Waals surface area contributed by atoms with Crippen LogP contribution in [-0.4, -0.2) is 49.2 Å². The van der Waals surface area contributed by atoms with Gasteiger partial charge >= 0.3 is 0 Å². The Morgan fingerprint density at radius 3 is 2.23 bits per heavy atom. The number of carbonyl (C=O) groups excluding carboxylic acids is 1. The number of methoxy groups -OCH3 is 2. The second kappa shape index (κ2) is 8.08. The van der Waals surface area contributed by atoms with Crippen LogP contribution in [0.4, 0.5) is 0 Å². The second-order valence-electron chi connectivity index (χ2n) is 6.35. The van der Waals surface area contributed by atoms with Gasteiger partial charge in [-0.2, -0.15) is 0 Å². The van der Waals surface area contributed by atoms with Crippen molar-refractivity contribution in [1.82, 2.24) is 9.88 Å². The monoisotopic (exact) mass is 356 g/mol. The van der Waals surface area contributed by atoms with Gasteiger partial charge in [-0.15, -0.1) is 0 Å². The molecular formula is C20H24N2O4. The highest BCUT2D eigenvalue weighted by Crippen LogP contribution is 2.25. The van der Waals surface area contributed by atoms with E-state index in [1.807, 2.05) is 24.0 Å². The molecule has 138 valence electrons. The van der Waals surface area contributed by atoms with E-state index in [1.54, 1.807) is 38.6 Å². The summed E-state index contributed by atoms with van der Waals surface area (Å²) in [5.74, 6) is 1.98. The van der Waals surface area contributed by atoms with Crippen molar-refractivity contribution >= 4 is 5.91 Å². The van der Waals surface area contributed by atoms with E-state index in [0.29, 0.717) is 30.2 Å². The van der Waals surface area contributed by atoms with Crippen LogP contribution in [0.3, 0.4) is 0 Å². The molecule has 0 spiro atoms. The molecule has 0 unspecified atom stereocenters. The molecule has 1 amide bonds. The molecule has 1 aliphatic heterocycles. The van der Waals surface area contributed by atoms with E-state index in [2.05, 4.69) is 4.98 Å². The normalized spacial score (nSPS) is 14.8. The highest BCUT2D eigenvalue weighted by molar-refractivity contribution is 5.95. The molecule has 1 aliphatic rings. The Morgan fingerprint density at radius 1 is 1.04 bits per heavy atom. The van der Waals surface area contributed by atoms with Crippen molar-refractivity contribution in [3.8, 4) is 17.2 Å². The van der Waals surface area contributed by atoms with Crippen LogP contribution in [0, 0.1) is 6.92 Å². The minimum Gasteiger partial charge on any atom is -0.497 e. The van der Waals surface area contributed by atoms with Gasteiger partial charge in [0.2, 0.25) is 0 Å². The van der Waals surface area contributed by atoms with E-state index >= 15 is 0 Å². The zero-order valence-electron chi connectivity index (χ0n) is 15.4. The quantitative estimate of drug-likeness (QED) is 0.824. The van der Waals surface area contributed by atoms with Crippen LogP contribution in [0.2, 0.25) is 0 Å². The molecule has 3 rings (SSSR count). The number of nitrogens with zero attached hydrogens (tertiary/aromatic N) is 2. The number of rotatable bonds is 5. The summed E-state index contributed by atoms with van der Waals surface area (Å²) in [6.07, 6.45) is 3.43. The van der Waals surface area contributed by atoms with E-state index in [1.165, 1.54) is 0 Å². The van der Waals surface area contributed by atoms with Crippen molar-refractivity contribution in [2.75, 3.05) is 27.3 Å². The van der Waals surface area contributed by atoms with Crippen molar-refractivity contribution in [2.45, 2.75) is 25.9 Å². The molecule has 2 heterocycles. The fourth-order valence-corrected chi connectivity index (χ4v) is 3.01. The van der Waals surface area contributed by atoms with Gasteiger partial charge in [-0.05, 0) is 31.2 Å². The highest BCUT2D eigenvalue weighted by Gasteiger charge is 2.25. The predicted molar refractivity (Wildman–Crippen MR) is 98.1 cm³/mol. The molecule has 6 nitrogen and oxygen atoms in total. The van der Waals surface area contributed by atoms with Gasteiger partial charge in [0.25, 0.3) is 5.91 Å². The first kappa shape index (κ1) is 18.0. The van der Waals surface area contributed by atoms with Gasteiger partial charge in [-0.1, -0.05) is 0 Å². The Kier molecular flexibility index (Phi) is 5.61. The molecule has 0 N–H and O–H groups in total. The molecule has 2 aromatic rings. The minimum absolute atomic E-state index is 0.0161. The fraction of sp³-hybridized carbons (Fsp3) is 0.400. The molecule has 1 saturated heterocycles. The second-order valence-corrected chi connectivity index (χ2v) is 6.35. The zero-order valence-corrected chi connectivity index (χ0v) is 15.4. The Morgan fingerprint density at radius 2 is 1.69 bits per heavy atom. The van der Waals surface area contributed by atoms with Gasteiger partial charge in [0.1, 0.15) is 23.4 Å². The molecule has 1 aromatic heterocycles. The molecule has 0 bridgehead atoms. The largest absolute Gasteiger partial charge is 0.497 e. The van der Waals surface area contributed by atoms with Crippen LogP contribution in [0.25, 0.3) is 0 Å². The number of benzene rings is 1. The molecule has 6 heteroatoms. The van der Waals surface area contributed by atoms with Crippen molar-refractivity contribution in [3.63, 3.8) is 0 Å². The summed E-state index contributed by atoms with van der Waals surface area (Å²) >= 11 is 0. The van der Waals surface area contributed by atoms with Gasteiger partial charge < -0.3 is 19.1 Å². The third-order valence-corrected chi connectivity index (χ3v) is 4.51. The summed E-state index contributed by atoms with van der Waals surface area (Å²) in [6, 6.07) is 9.11. The number of carbonyl (C=O) groups is 1. The third kappa shape index (κ3) is 4.25. The lowest BCUT2D eigenvalue weighted by Gasteiger charge is -2.32. The standard InChI is InChI=1S/C20H24N2O4/c1-14-4-5-17(13-21-14)26-16-6-8-22(9-7-16)20(23)15-10-18(24-2)12-19(11-15)25-3/h4-5,10-13,16H,6-9H2,1-3H3. The van der Waals surface area contributed by atoms with Crippen molar-refractivity contribution in [2.24, 2.45) is 0 Å². The maximum Gasteiger partial charge on any atom is 0.254 e. The number of aromatic nitrogens is 1. The maximum atomic E-state index is 12.8. The van der Waals surface area contributed by atoms with Crippen LogP contribution < -0.4 is 14.2 Å². The predicted octanol–water partition coefficient (Wildman–Crippen LogP) is 3.09. The lowest BCUT2D eigenvalue weighted by Crippen LogP contribution is -2.41. The molecule has 0 atom stereocenters. The summed E-state index contributed by atoms with van der Waals surface area (Å²) in [6.45, 7) is 3.26. The fourth-order valence-electron chi connectivity index (χ4n) is 3.01. The lowest BCUT2D eigenvalue weighted by atomic mass is 10.1. The van der Waals surface area contributed by atoms with Crippen molar-refractivity contribution in [1.29, 1.82) is 0 Å². The van der Waals surface area contributed by atoms with E-state index in [0.717, 1.165) is 24.3 Å². The average Bonchev–Trinajstić information content (AvgIpc) is 2.69. The molecule has 0 radical (unpaired) electrons. The molecule has 1 aromatic carbocycles. The SMILES string of the molecule is COc1cc(OC)cc(C(=O)N2CCC(Oc3ccc(C)nc3)CC2)c1. The number of hydrogen-bond acceptors (Lipinski definition) is 5. The number of hydrogen-bond donors (Lipinski definition) is 0. The Bertz CT molecular complexity index is 731. The Hall–Kier alpha value is -2.76. The van der Waals surface area contributed by atoms with Gasteiger partial charge in [0, 0.05) is 43.3 Å². The van der Waals surface area contributed by atoms with Gasteiger partial charge in [-0.25, -0.2) is 0 Å². The number of pyridine rings is 1. The van der Waals surface area contributed by atoms with E-state index in [-0.39, 0.29) is 12.0 Å². The molecule has 26 heavy (non-hydrogen) atoms. The van der Waals surface area contributed by atoms with Crippen LogP contribution in [0.15, 0.2) is 36.5 Å². The maximum absolute atomic E-state index is 12.8. The van der Waals surface area contributed by atoms with Gasteiger partial charge in [0.15, 0.2) is 0 Å². The first-order valence-corrected chi connectivity index (χ1v) is 8.70. The van der Waals surface area contributed by atoms with Crippen molar-refractivity contribution < 1.29 is 19.0 Å². The van der Waals surface area contributed by atoms with Crippen LogP contribution >= 0.6 is 0 Å².